The minimum atomic E-state index is -0.579. The van der Waals surface area contributed by atoms with Gasteiger partial charge in [0, 0.05) is 24.5 Å². The van der Waals surface area contributed by atoms with Gasteiger partial charge in [-0.25, -0.2) is 0 Å². The van der Waals surface area contributed by atoms with Crippen molar-refractivity contribution in [2.45, 2.75) is 25.4 Å². The normalized spacial score (nSPS) is 19.1. The summed E-state index contributed by atoms with van der Waals surface area (Å²) in [5.41, 5.74) is 6.44. The molecule has 0 radical (unpaired) electrons. The van der Waals surface area contributed by atoms with E-state index in [1.54, 1.807) is 24.3 Å². The summed E-state index contributed by atoms with van der Waals surface area (Å²) in [5, 5.41) is 12.7. The standard InChI is InChI=1S/C14H21N3O2/c1-14(19)6-8-17(9-7-14)10-13(18)16-12-4-2-11(15)3-5-12/h2-5,19H,6-10,15H2,1H3,(H,16,18). The quantitative estimate of drug-likeness (QED) is 0.712. The van der Waals surface area contributed by atoms with E-state index in [0.717, 1.165) is 18.8 Å². The van der Waals surface area contributed by atoms with Crippen molar-refractivity contribution in [3.63, 3.8) is 0 Å². The van der Waals surface area contributed by atoms with Crippen LogP contribution in [0.2, 0.25) is 0 Å². The fraction of sp³-hybridized carbons (Fsp3) is 0.500. The number of anilines is 2. The third-order valence-electron chi connectivity index (χ3n) is 3.49. The fourth-order valence-electron chi connectivity index (χ4n) is 2.16. The molecule has 5 nitrogen and oxygen atoms in total. The minimum Gasteiger partial charge on any atom is -0.399 e. The molecular weight excluding hydrogens is 242 g/mol. The van der Waals surface area contributed by atoms with E-state index >= 15 is 0 Å². The molecule has 1 amide bonds. The molecule has 1 fully saturated rings. The molecule has 1 aromatic rings. The van der Waals surface area contributed by atoms with Crippen LogP contribution in [0, 0.1) is 0 Å². The summed E-state index contributed by atoms with van der Waals surface area (Å²) in [6, 6.07) is 7.09. The van der Waals surface area contributed by atoms with Crippen molar-refractivity contribution in [3.8, 4) is 0 Å². The molecule has 0 spiro atoms. The van der Waals surface area contributed by atoms with E-state index in [1.807, 2.05) is 6.92 Å². The van der Waals surface area contributed by atoms with Crippen molar-refractivity contribution in [1.82, 2.24) is 4.90 Å². The predicted octanol–water partition coefficient (Wildman–Crippen LogP) is 1.05. The molecule has 0 atom stereocenters. The monoisotopic (exact) mass is 263 g/mol. The van der Waals surface area contributed by atoms with E-state index in [2.05, 4.69) is 10.2 Å². The number of nitrogens with two attached hydrogens (primary N) is 1. The summed E-state index contributed by atoms with van der Waals surface area (Å²) in [5.74, 6) is -0.0358. The number of aliphatic hydroxyl groups is 1. The molecule has 0 unspecified atom stereocenters. The summed E-state index contributed by atoms with van der Waals surface area (Å²) in [6.45, 7) is 3.71. The Kier molecular flexibility index (Phi) is 4.07. The summed E-state index contributed by atoms with van der Waals surface area (Å²) in [6.07, 6.45) is 1.42. The van der Waals surface area contributed by atoms with E-state index in [9.17, 15) is 9.90 Å². The summed E-state index contributed by atoms with van der Waals surface area (Å²) < 4.78 is 0. The highest BCUT2D eigenvalue weighted by Gasteiger charge is 2.27. The van der Waals surface area contributed by atoms with Gasteiger partial charge in [0.05, 0.1) is 12.1 Å². The first-order valence-electron chi connectivity index (χ1n) is 6.55. The zero-order chi connectivity index (χ0) is 13.9. The summed E-state index contributed by atoms with van der Waals surface area (Å²) in [7, 11) is 0. The predicted molar refractivity (Wildman–Crippen MR) is 75.8 cm³/mol. The second-order valence-corrected chi connectivity index (χ2v) is 5.44. The molecule has 1 aromatic carbocycles. The van der Waals surface area contributed by atoms with Crippen LogP contribution < -0.4 is 11.1 Å². The number of benzene rings is 1. The van der Waals surface area contributed by atoms with Crippen LogP contribution in [-0.2, 0) is 4.79 Å². The fourth-order valence-corrected chi connectivity index (χ4v) is 2.16. The highest BCUT2D eigenvalue weighted by atomic mass is 16.3. The third kappa shape index (κ3) is 4.22. The lowest BCUT2D eigenvalue weighted by molar-refractivity contribution is -0.118. The number of nitrogens with zero attached hydrogens (tertiary/aromatic N) is 1. The third-order valence-corrected chi connectivity index (χ3v) is 3.49. The van der Waals surface area contributed by atoms with Gasteiger partial charge in [0.25, 0.3) is 0 Å². The van der Waals surface area contributed by atoms with E-state index in [-0.39, 0.29) is 5.91 Å². The van der Waals surface area contributed by atoms with Crippen LogP contribution in [0.5, 0.6) is 0 Å². The number of amides is 1. The van der Waals surface area contributed by atoms with Crippen molar-refractivity contribution in [2.75, 3.05) is 30.7 Å². The average molecular weight is 263 g/mol. The number of carbonyl (C=O) groups is 1. The van der Waals surface area contributed by atoms with E-state index in [4.69, 9.17) is 5.73 Å². The molecule has 1 saturated heterocycles. The van der Waals surface area contributed by atoms with Crippen LogP contribution in [0.1, 0.15) is 19.8 Å². The minimum absolute atomic E-state index is 0.0358. The molecular formula is C14H21N3O2. The van der Waals surface area contributed by atoms with Crippen LogP contribution in [0.3, 0.4) is 0 Å². The maximum atomic E-state index is 11.9. The number of hydrogen-bond donors (Lipinski definition) is 3. The first-order chi connectivity index (χ1) is 8.94. The zero-order valence-corrected chi connectivity index (χ0v) is 11.2. The van der Waals surface area contributed by atoms with Crippen molar-refractivity contribution < 1.29 is 9.90 Å². The van der Waals surface area contributed by atoms with Crippen LogP contribution in [0.4, 0.5) is 11.4 Å². The second-order valence-electron chi connectivity index (χ2n) is 5.44. The topological polar surface area (TPSA) is 78.6 Å². The molecule has 4 N–H and O–H groups in total. The first kappa shape index (κ1) is 13.8. The number of nitrogens with one attached hydrogen (secondary N) is 1. The molecule has 19 heavy (non-hydrogen) atoms. The van der Waals surface area contributed by atoms with Gasteiger partial charge in [-0.15, -0.1) is 0 Å². The van der Waals surface area contributed by atoms with Crippen molar-refractivity contribution >= 4 is 17.3 Å². The van der Waals surface area contributed by atoms with Crippen LogP contribution in [0.15, 0.2) is 24.3 Å². The lowest BCUT2D eigenvalue weighted by atomic mass is 9.94. The Balaban J connectivity index is 1.80. The molecule has 1 aliphatic rings. The molecule has 5 heteroatoms. The molecule has 1 heterocycles. The zero-order valence-electron chi connectivity index (χ0n) is 11.2. The van der Waals surface area contributed by atoms with Gasteiger partial charge in [0.2, 0.25) is 5.91 Å². The van der Waals surface area contributed by atoms with Gasteiger partial charge in [-0.1, -0.05) is 0 Å². The Labute approximate surface area is 113 Å². The Morgan fingerprint density at radius 3 is 2.53 bits per heavy atom. The Morgan fingerprint density at radius 1 is 1.37 bits per heavy atom. The van der Waals surface area contributed by atoms with Gasteiger partial charge in [-0.05, 0) is 44.0 Å². The van der Waals surface area contributed by atoms with Gasteiger partial charge in [0.1, 0.15) is 0 Å². The molecule has 104 valence electrons. The Bertz CT molecular complexity index is 433. The van der Waals surface area contributed by atoms with Gasteiger partial charge >= 0.3 is 0 Å². The number of rotatable bonds is 3. The average Bonchev–Trinajstić information content (AvgIpc) is 2.35. The Morgan fingerprint density at radius 2 is 1.95 bits per heavy atom. The maximum absolute atomic E-state index is 11.9. The summed E-state index contributed by atoms with van der Waals surface area (Å²) in [4.78, 5) is 13.9. The van der Waals surface area contributed by atoms with Crippen molar-refractivity contribution in [2.24, 2.45) is 0 Å². The Hall–Kier alpha value is -1.59. The van der Waals surface area contributed by atoms with Crippen molar-refractivity contribution in [1.29, 1.82) is 0 Å². The van der Waals surface area contributed by atoms with E-state index in [0.29, 0.717) is 25.1 Å². The van der Waals surface area contributed by atoms with Crippen LogP contribution >= 0.6 is 0 Å². The van der Waals surface area contributed by atoms with E-state index in [1.165, 1.54) is 0 Å². The van der Waals surface area contributed by atoms with Crippen LogP contribution in [0.25, 0.3) is 0 Å². The summed E-state index contributed by atoms with van der Waals surface area (Å²) >= 11 is 0. The molecule has 0 aliphatic carbocycles. The SMILES string of the molecule is CC1(O)CCN(CC(=O)Nc2ccc(N)cc2)CC1. The molecule has 2 rings (SSSR count). The number of carbonyl (C=O) groups excluding carboxylic acids is 1. The van der Waals surface area contributed by atoms with Gasteiger partial charge in [-0.2, -0.15) is 0 Å². The van der Waals surface area contributed by atoms with Gasteiger partial charge in [0.15, 0.2) is 0 Å². The number of likely N-dealkylation sites (tertiary alicyclic amines) is 1. The largest absolute Gasteiger partial charge is 0.399 e. The van der Waals surface area contributed by atoms with Crippen LogP contribution in [-0.4, -0.2) is 41.1 Å². The number of nitrogen functional groups attached to an aromatic ring is 1. The van der Waals surface area contributed by atoms with Gasteiger partial charge in [-0.3, -0.25) is 9.69 Å². The molecule has 0 bridgehead atoms. The molecule has 0 saturated carbocycles. The maximum Gasteiger partial charge on any atom is 0.238 e. The highest BCUT2D eigenvalue weighted by molar-refractivity contribution is 5.92. The smallest absolute Gasteiger partial charge is 0.238 e. The molecule has 0 aromatic heterocycles. The number of hydrogen-bond acceptors (Lipinski definition) is 4. The highest BCUT2D eigenvalue weighted by Crippen LogP contribution is 2.20. The lowest BCUT2D eigenvalue weighted by Gasteiger charge is -2.35. The second kappa shape index (κ2) is 5.59. The first-order valence-corrected chi connectivity index (χ1v) is 6.55. The number of piperidine rings is 1. The molecule has 1 aliphatic heterocycles. The van der Waals surface area contributed by atoms with Gasteiger partial charge < -0.3 is 16.2 Å². The van der Waals surface area contributed by atoms with Crippen molar-refractivity contribution in [3.05, 3.63) is 24.3 Å². The van der Waals surface area contributed by atoms with E-state index < -0.39 is 5.60 Å². The lowest BCUT2D eigenvalue weighted by Crippen LogP contribution is -2.45.